The summed E-state index contributed by atoms with van der Waals surface area (Å²) in [6, 6.07) is 0. The Kier molecular flexibility index (Phi) is 6.24. The van der Waals surface area contributed by atoms with Crippen LogP contribution in [0.2, 0.25) is 0 Å². The number of nitrogens with one attached hydrogen (secondary N) is 1. The quantitative estimate of drug-likeness (QED) is 0.692. The molecule has 1 aliphatic carbocycles. The van der Waals surface area contributed by atoms with Crippen molar-refractivity contribution in [2.75, 3.05) is 19.7 Å². The Morgan fingerprint density at radius 1 is 1.29 bits per heavy atom. The summed E-state index contributed by atoms with van der Waals surface area (Å²) in [7, 11) is 0. The maximum absolute atomic E-state index is 9.20. The molecule has 0 aliphatic heterocycles. The smallest absolute Gasteiger partial charge is 0.0462 e. The Morgan fingerprint density at radius 3 is 2.64 bits per heavy atom. The molecule has 0 heterocycles. The van der Waals surface area contributed by atoms with Crippen LogP contribution < -0.4 is 5.32 Å². The van der Waals surface area contributed by atoms with Gasteiger partial charge in [-0.3, -0.25) is 0 Å². The summed E-state index contributed by atoms with van der Waals surface area (Å²) < 4.78 is 0. The summed E-state index contributed by atoms with van der Waals surface area (Å²) in [6.07, 6.45) is 6.94. The summed E-state index contributed by atoms with van der Waals surface area (Å²) in [5.41, 5.74) is 1.54. The molecule has 1 saturated carbocycles. The number of rotatable bonds is 5. The number of aliphatic hydroxyl groups is 1. The molecular formula is C11H20ClNO. The first-order chi connectivity index (χ1) is 6.88. The van der Waals surface area contributed by atoms with Crippen LogP contribution in [0, 0.1) is 11.8 Å². The van der Waals surface area contributed by atoms with Crippen molar-refractivity contribution in [2.24, 2.45) is 11.8 Å². The fourth-order valence-corrected chi connectivity index (χ4v) is 2.28. The highest BCUT2D eigenvalue weighted by atomic mass is 35.5. The van der Waals surface area contributed by atoms with Gasteiger partial charge in [-0.15, -0.1) is 0 Å². The monoisotopic (exact) mass is 217 g/mol. The van der Waals surface area contributed by atoms with Gasteiger partial charge in [-0.2, -0.15) is 0 Å². The first-order valence-corrected chi connectivity index (χ1v) is 5.89. The lowest BCUT2D eigenvalue weighted by Gasteiger charge is -2.30. The van der Waals surface area contributed by atoms with Gasteiger partial charge in [0.1, 0.15) is 0 Å². The zero-order valence-corrected chi connectivity index (χ0v) is 9.34. The highest BCUT2D eigenvalue weighted by Crippen LogP contribution is 2.28. The van der Waals surface area contributed by atoms with E-state index in [-0.39, 0.29) is 0 Å². The van der Waals surface area contributed by atoms with E-state index < -0.39 is 0 Å². The molecule has 82 valence electrons. The number of hydrogen-bond donors (Lipinski definition) is 2. The van der Waals surface area contributed by atoms with Crippen LogP contribution in [0.5, 0.6) is 0 Å². The van der Waals surface area contributed by atoms with Gasteiger partial charge in [-0.1, -0.05) is 30.5 Å². The van der Waals surface area contributed by atoms with Crippen molar-refractivity contribution in [1.82, 2.24) is 5.32 Å². The Balaban J connectivity index is 2.19. The van der Waals surface area contributed by atoms with Crippen LogP contribution in [0.3, 0.4) is 0 Å². The average Bonchev–Trinajstić information content (AvgIpc) is 2.25. The molecule has 2 unspecified atom stereocenters. The fourth-order valence-electron chi connectivity index (χ4n) is 2.19. The van der Waals surface area contributed by atoms with Gasteiger partial charge in [0.2, 0.25) is 0 Å². The Bertz CT molecular complexity index is 173. The van der Waals surface area contributed by atoms with Crippen molar-refractivity contribution in [2.45, 2.75) is 25.7 Å². The van der Waals surface area contributed by atoms with Crippen molar-refractivity contribution in [3.63, 3.8) is 0 Å². The minimum atomic E-state index is 0.345. The summed E-state index contributed by atoms with van der Waals surface area (Å²) >= 11 is 5.42. The first-order valence-electron chi connectivity index (χ1n) is 5.45. The predicted molar refractivity (Wildman–Crippen MR) is 60.4 cm³/mol. The van der Waals surface area contributed by atoms with Gasteiger partial charge < -0.3 is 10.4 Å². The average molecular weight is 218 g/mol. The topological polar surface area (TPSA) is 32.3 Å². The molecular weight excluding hydrogens is 198 g/mol. The minimum Gasteiger partial charge on any atom is -0.396 e. The Labute approximate surface area is 91.3 Å². The van der Waals surface area contributed by atoms with Gasteiger partial charge in [-0.25, -0.2) is 0 Å². The molecule has 0 saturated heterocycles. The van der Waals surface area contributed by atoms with E-state index in [1.54, 1.807) is 0 Å². The normalized spacial score (nSPS) is 28.4. The Morgan fingerprint density at radius 2 is 2.00 bits per heavy atom. The standard InChI is InChI=1S/C11H20ClNO/c12-6-3-7-13-8-10-4-1-2-5-11(10)9-14/h3,6,10-11,13-14H,1-2,4-5,7-9H2/b6-3+. The van der Waals surface area contributed by atoms with Crippen molar-refractivity contribution in [3.05, 3.63) is 11.6 Å². The first kappa shape index (κ1) is 12.0. The van der Waals surface area contributed by atoms with Gasteiger partial charge in [-0.05, 0) is 31.2 Å². The zero-order valence-electron chi connectivity index (χ0n) is 8.58. The van der Waals surface area contributed by atoms with Gasteiger partial charge in [0.25, 0.3) is 0 Å². The van der Waals surface area contributed by atoms with E-state index in [4.69, 9.17) is 11.6 Å². The molecule has 0 amide bonds. The molecule has 14 heavy (non-hydrogen) atoms. The predicted octanol–water partition coefficient (Wildman–Crippen LogP) is 2.13. The van der Waals surface area contributed by atoms with Crippen LogP contribution >= 0.6 is 11.6 Å². The van der Waals surface area contributed by atoms with E-state index in [1.165, 1.54) is 31.2 Å². The van der Waals surface area contributed by atoms with Gasteiger partial charge in [0.05, 0.1) is 0 Å². The summed E-state index contributed by atoms with van der Waals surface area (Å²) in [5, 5.41) is 12.5. The second-order valence-electron chi connectivity index (χ2n) is 4.01. The third kappa shape index (κ3) is 3.99. The molecule has 1 fully saturated rings. The number of halogens is 1. The van der Waals surface area contributed by atoms with Crippen molar-refractivity contribution in [1.29, 1.82) is 0 Å². The molecule has 0 spiro atoms. The van der Waals surface area contributed by atoms with E-state index in [2.05, 4.69) is 5.32 Å². The molecule has 3 heteroatoms. The molecule has 0 bridgehead atoms. The largest absolute Gasteiger partial charge is 0.396 e. The third-order valence-corrected chi connectivity index (χ3v) is 3.24. The van der Waals surface area contributed by atoms with Crippen LogP contribution in [0.25, 0.3) is 0 Å². The summed E-state index contributed by atoms with van der Waals surface area (Å²) in [4.78, 5) is 0. The summed E-state index contributed by atoms with van der Waals surface area (Å²) in [6.45, 7) is 2.18. The maximum atomic E-state index is 9.20. The van der Waals surface area contributed by atoms with E-state index in [0.29, 0.717) is 18.4 Å². The van der Waals surface area contributed by atoms with Crippen LogP contribution in [-0.2, 0) is 0 Å². The van der Waals surface area contributed by atoms with E-state index >= 15 is 0 Å². The van der Waals surface area contributed by atoms with Gasteiger partial charge >= 0.3 is 0 Å². The highest BCUT2D eigenvalue weighted by molar-refractivity contribution is 6.25. The van der Waals surface area contributed by atoms with Crippen molar-refractivity contribution in [3.8, 4) is 0 Å². The molecule has 0 aromatic heterocycles. The fraction of sp³-hybridized carbons (Fsp3) is 0.818. The minimum absolute atomic E-state index is 0.345. The molecule has 1 rings (SSSR count). The molecule has 2 nitrogen and oxygen atoms in total. The van der Waals surface area contributed by atoms with Gasteiger partial charge in [0.15, 0.2) is 0 Å². The summed E-state index contributed by atoms with van der Waals surface area (Å²) in [5.74, 6) is 1.16. The highest BCUT2D eigenvalue weighted by Gasteiger charge is 2.23. The molecule has 2 atom stereocenters. The number of hydrogen-bond acceptors (Lipinski definition) is 2. The molecule has 1 aliphatic rings. The molecule has 0 aromatic carbocycles. The van der Waals surface area contributed by atoms with Crippen LogP contribution in [0.1, 0.15) is 25.7 Å². The van der Waals surface area contributed by atoms with E-state index in [1.807, 2.05) is 6.08 Å². The molecule has 0 radical (unpaired) electrons. The second-order valence-corrected chi connectivity index (χ2v) is 4.26. The lowest BCUT2D eigenvalue weighted by Crippen LogP contribution is -2.32. The molecule has 2 N–H and O–H groups in total. The third-order valence-electron chi connectivity index (χ3n) is 3.06. The second kappa shape index (κ2) is 7.27. The van der Waals surface area contributed by atoms with Crippen molar-refractivity contribution >= 4 is 11.6 Å². The van der Waals surface area contributed by atoms with Crippen LogP contribution in [0.15, 0.2) is 11.6 Å². The van der Waals surface area contributed by atoms with Crippen LogP contribution in [-0.4, -0.2) is 24.8 Å². The molecule has 0 aromatic rings. The zero-order chi connectivity index (χ0) is 10.2. The maximum Gasteiger partial charge on any atom is 0.0462 e. The lowest BCUT2D eigenvalue weighted by atomic mass is 9.79. The van der Waals surface area contributed by atoms with Gasteiger partial charge in [0, 0.05) is 18.7 Å². The van der Waals surface area contributed by atoms with Crippen molar-refractivity contribution < 1.29 is 5.11 Å². The van der Waals surface area contributed by atoms with Crippen LogP contribution in [0.4, 0.5) is 0 Å². The van der Waals surface area contributed by atoms with E-state index in [0.717, 1.165) is 13.1 Å². The van der Waals surface area contributed by atoms with E-state index in [9.17, 15) is 5.11 Å². The number of aliphatic hydroxyl groups excluding tert-OH is 1. The Hall–Kier alpha value is -0.0500. The SMILES string of the molecule is OCC1CCCCC1CNC/C=C/Cl. The lowest BCUT2D eigenvalue weighted by molar-refractivity contribution is 0.134.